The predicted octanol–water partition coefficient (Wildman–Crippen LogP) is 1.07. The normalized spacial score (nSPS) is 10.4. The van der Waals surface area contributed by atoms with Gasteiger partial charge in [-0.15, -0.1) is 10.2 Å². The van der Waals surface area contributed by atoms with Crippen molar-refractivity contribution in [3.8, 4) is 0 Å². The van der Waals surface area contributed by atoms with E-state index in [-0.39, 0.29) is 0 Å². The highest BCUT2D eigenvalue weighted by molar-refractivity contribution is 7.99. The minimum Gasteiger partial charge on any atom is -0.313 e. The van der Waals surface area contributed by atoms with Crippen molar-refractivity contribution in [2.45, 2.75) is 12.1 Å². The molecule has 0 aliphatic heterocycles. The Morgan fingerprint density at radius 1 is 1.71 bits per heavy atom. The summed E-state index contributed by atoms with van der Waals surface area (Å²) >= 11 is 1.66. The average Bonchev–Trinajstić information content (AvgIpc) is 2.58. The molecule has 1 aromatic heterocycles. The number of nitrogens with zero attached hydrogens (tertiary/aromatic N) is 3. The number of thioether (sulfide) groups is 1. The van der Waals surface area contributed by atoms with Crippen LogP contribution in [0.5, 0.6) is 0 Å². The molecule has 0 bridgehead atoms. The third-order valence-corrected chi connectivity index (χ3v) is 2.88. The first kappa shape index (κ1) is 11.3. The molecule has 0 aromatic carbocycles. The molecule has 0 spiro atoms. The van der Waals surface area contributed by atoms with Crippen LogP contribution in [0.25, 0.3) is 0 Å². The van der Waals surface area contributed by atoms with Crippen LogP contribution in [-0.2, 0) is 7.05 Å². The van der Waals surface area contributed by atoms with Gasteiger partial charge >= 0.3 is 0 Å². The van der Waals surface area contributed by atoms with Gasteiger partial charge in [-0.3, -0.25) is 0 Å². The fraction of sp³-hybridized carbons (Fsp3) is 0.556. The number of aromatic nitrogens is 3. The molecule has 0 unspecified atom stereocenters. The molecule has 0 radical (unpaired) electrons. The Hall–Kier alpha value is -0.810. The van der Waals surface area contributed by atoms with E-state index in [2.05, 4.69) is 29.0 Å². The van der Waals surface area contributed by atoms with Gasteiger partial charge in [-0.1, -0.05) is 30.8 Å². The topological polar surface area (TPSA) is 42.7 Å². The molecule has 78 valence electrons. The van der Waals surface area contributed by atoms with Crippen LogP contribution in [0.15, 0.2) is 23.6 Å². The van der Waals surface area contributed by atoms with Crippen LogP contribution >= 0.6 is 11.8 Å². The number of aryl methyl sites for hydroxylation is 1. The monoisotopic (exact) mass is 212 g/mol. The molecule has 0 saturated heterocycles. The summed E-state index contributed by atoms with van der Waals surface area (Å²) in [4.78, 5) is 0. The molecule has 0 amide bonds. The molecule has 0 saturated carbocycles. The van der Waals surface area contributed by atoms with Gasteiger partial charge in [0.2, 0.25) is 0 Å². The zero-order chi connectivity index (χ0) is 10.4. The lowest BCUT2D eigenvalue weighted by molar-refractivity contribution is 0.774. The van der Waals surface area contributed by atoms with Gasteiger partial charge in [0.1, 0.15) is 6.33 Å². The van der Waals surface area contributed by atoms with E-state index in [0.29, 0.717) is 0 Å². The first-order valence-electron chi connectivity index (χ1n) is 4.58. The van der Waals surface area contributed by atoms with Gasteiger partial charge in [0, 0.05) is 19.3 Å². The van der Waals surface area contributed by atoms with E-state index >= 15 is 0 Å². The second kappa shape index (κ2) is 5.82. The summed E-state index contributed by atoms with van der Waals surface area (Å²) in [6.07, 6.45) is 1.70. The molecular formula is C9H16N4S. The number of hydrogen-bond acceptors (Lipinski definition) is 4. The van der Waals surface area contributed by atoms with Gasteiger partial charge < -0.3 is 9.88 Å². The molecule has 1 heterocycles. The largest absolute Gasteiger partial charge is 0.313 e. The van der Waals surface area contributed by atoms with E-state index in [1.54, 1.807) is 18.1 Å². The minimum atomic E-state index is 0.876. The van der Waals surface area contributed by atoms with Gasteiger partial charge in [-0.05, 0) is 6.54 Å². The smallest absolute Gasteiger partial charge is 0.191 e. The quantitative estimate of drug-likeness (QED) is 0.566. The van der Waals surface area contributed by atoms with Crippen molar-refractivity contribution in [1.82, 2.24) is 20.1 Å². The fourth-order valence-corrected chi connectivity index (χ4v) is 1.71. The first-order chi connectivity index (χ1) is 6.74. The summed E-state index contributed by atoms with van der Waals surface area (Å²) in [5.74, 6) is 0.888. The Kier molecular flexibility index (Phi) is 4.69. The summed E-state index contributed by atoms with van der Waals surface area (Å²) in [7, 11) is 1.94. The van der Waals surface area contributed by atoms with E-state index in [4.69, 9.17) is 0 Å². The minimum absolute atomic E-state index is 0.876. The second-order valence-electron chi connectivity index (χ2n) is 3.04. The molecule has 0 atom stereocenters. The lowest BCUT2D eigenvalue weighted by atomic mass is 10.3. The Bertz CT molecular complexity index is 295. The molecule has 14 heavy (non-hydrogen) atoms. The van der Waals surface area contributed by atoms with E-state index in [1.165, 1.54) is 5.57 Å². The number of nitrogens with one attached hydrogen (secondary N) is 1. The first-order valence-corrected chi connectivity index (χ1v) is 5.56. The average molecular weight is 212 g/mol. The summed E-state index contributed by atoms with van der Waals surface area (Å²) in [6, 6.07) is 0. The van der Waals surface area contributed by atoms with Crippen molar-refractivity contribution in [3.63, 3.8) is 0 Å². The van der Waals surface area contributed by atoms with Crippen LogP contribution in [0.4, 0.5) is 0 Å². The SMILES string of the molecule is C=C(CNCC)CSc1nncn1C. The van der Waals surface area contributed by atoms with E-state index in [0.717, 1.165) is 24.0 Å². The third-order valence-electron chi connectivity index (χ3n) is 1.70. The molecule has 0 aliphatic carbocycles. The van der Waals surface area contributed by atoms with Crippen LogP contribution in [0.1, 0.15) is 6.92 Å². The third kappa shape index (κ3) is 3.51. The second-order valence-corrected chi connectivity index (χ2v) is 3.99. The van der Waals surface area contributed by atoms with E-state index < -0.39 is 0 Å². The Labute approximate surface area is 88.8 Å². The Morgan fingerprint density at radius 3 is 3.07 bits per heavy atom. The van der Waals surface area contributed by atoms with Crippen LogP contribution in [0.2, 0.25) is 0 Å². The maximum Gasteiger partial charge on any atom is 0.191 e. The van der Waals surface area contributed by atoms with Crippen LogP contribution in [0.3, 0.4) is 0 Å². The highest BCUT2D eigenvalue weighted by atomic mass is 32.2. The van der Waals surface area contributed by atoms with E-state index in [1.807, 2.05) is 11.6 Å². The number of likely N-dealkylation sites (N-methyl/N-ethyl adjacent to an activating group) is 1. The Morgan fingerprint density at radius 2 is 2.50 bits per heavy atom. The van der Waals surface area contributed by atoms with Crippen molar-refractivity contribution in [3.05, 3.63) is 18.5 Å². The molecule has 5 heteroatoms. The number of rotatable bonds is 6. The lowest BCUT2D eigenvalue weighted by Crippen LogP contribution is -2.16. The molecule has 1 rings (SSSR count). The van der Waals surface area contributed by atoms with Crippen LogP contribution in [-0.4, -0.2) is 33.6 Å². The van der Waals surface area contributed by atoms with Crippen molar-refractivity contribution in [2.24, 2.45) is 7.05 Å². The van der Waals surface area contributed by atoms with Crippen molar-refractivity contribution in [1.29, 1.82) is 0 Å². The molecule has 1 N–H and O–H groups in total. The van der Waals surface area contributed by atoms with Crippen molar-refractivity contribution >= 4 is 11.8 Å². The summed E-state index contributed by atoms with van der Waals surface area (Å²) in [5, 5.41) is 12.0. The van der Waals surface area contributed by atoms with E-state index in [9.17, 15) is 0 Å². The van der Waals surface area contributed by atoms with Crippen LogP contribution in [0, 0.1) is 0 Å². The van der Waals surface area contributed by atoms with Crippen LogP contribution < -0.4 is 5.32 Å². The summed E-state index contributed by atoms with van der Waals surface area (Å²) in [6.45, 7) is 7.92. The van der Waals surface area contributed by atoms with Gasteiger partial charge in [0.05, 0.1) is 0 Å². The lowest BCUT2D eigenvalue weighted by Gasteiger charge is -2.04. The highest BCUT2D eigenvalue weighted by Crippen LogP contribution is 2.15. The van der Waals surface area contributed by atoms with Gasteiger partial charge in [0.25, 0.3) is 0 Å². The molecular weight excluding hydrogens is 196 g/mol. The molecule has 1 aromatic rings. The zero-order valence-electron chi connectivity index (χ0n) is 8.66. The maximum absolute atomic E-state index is 3.98. The zero-order valence-corrected chi connectivity index (χ0v) is 9.47. The molecule has 0 fully saturated rings. The van der Waals surface area contributed by atoms with Gasteiger partial charge in [-0.2, -0.15) is 0 Å². The summed E-state index contributed by atoms with van der Waals surface area (Å²) in [5.41, 5.74) is 1.18. The summed E-state index contributed by atoms with van der Waals surface area (Å²) < 4.78 is 1.91. The Balaban J connectivity index is 2.27. The highest BCUT2D eigenvalue weighted by Gasteiger charge is 2.01. The fourth-order valence-electron chi connectivity index (χ4n) is 0.923. The predicted molar refractivity (Wildman–Crippen MR) is 59.4 cm³/mol. The van der Waals surface area contributed by atoms with Crippen molar-refractivity contribution in [2.75, 3.05) is 18.8 Å². The molecule has 4 nitrogen and oxygen atoms in total. The van der Waals surface area contributed by atoms with Crippen molar-refractivity contribution < 1.29 is 0 Å². The number of hydrogen-bond donors (Lipinski definition) is 1. The van der Waals surface area contributed by atoms with Gasteiger partial charge in [-0.25, -0.2) is 0 Å². The van der Waals surface area contributed by atoms with Gasteiger partial charge in [0.15, 0.2) is 5.16 Å². The maximum atomic E-state index is 3.98. The molecule has 0 aliphatic rings. The standard InChI is InChI=1S/C9H16N4S/c1-4-10-5-8(2)6-14-9-12-11-7-13(9)3/h7,10H,2,4-6H2,1,3H3.